The van der Waals surface area contributed by atoms with Gasteiger partial charge in [0.05, 0.1) is 18.1 Å². The molecule has 1 atom stereocenters. The Balaban J connectivity index is 2.30. The molecule has 122 valence electrons. The van der Waals surface area contributed by atoms with Gasteiger partial charge in [0.15, 0.2) is 0 Å². The minimum absolute atomic E-state index is 0.00738. The molecule has 0 radical (unpaired) electrons. The Hall–Kier alpha value is -1.44. The van der Waals surface area contributed by atoms with Crippen molar-refractivity contribution in [2.75, 3.05) is 19.8 Å². The molecule has 2 rings (SSSR count). The summed E-state index contributed by atoms with van der Waals surface area (Å²) >= 11 is 0. The number of hydrogen-bond donors (Lipinski definition) is 1. The van der Waals surface area contributed by atoms with Crippen molar-refractivity contribution in [1.29, 1.82) is 0 Å². The highest BCUT2D eigenvalue weighted by Gasteiger charge is 2.31. The molecule has 1 N–H and O–H groups in total. The van der Waals surface area contributed by atoms with Crippen LogP contribution in [0.25, 0.3) is 0 Å². The zero-order valence-corrected chi connectivity index (χ0v) is 13.9. The van der Waals surface area contributed by atoms with Gasteiger partial charge in [0.25, 0.3) is 5.91 Å². The lowest BCUT2D eigenvalue weighted by atomic mass is 10.2. The first-order valence-corrected chi connectivity index (χ1v) is 8.77. The van der Waals surface area contributed by atoms with Crippen LogP contribution in [0.2, 0.25) is 0 Å². The van der Waals surface area contributed by atoms with E-state index in [4.69, 9.17) is 4.74 Å². The van der Waals surface area contributed by atoms with Crippen LogP contribution < -0.4 is 5.32 Å². The Bertz CT molecular complexity index is 643. The van der Waals surface area contributed by atoms with E-state index in [1.807, 2.05) is 20.8 Å². The predicted molar refractivity (Wildman–Crippen MR) is 83.2 cm³/mol. The van der Waals surface area contributed by atoms with Crippen molar-refractivity contribution in [2.24, 2.45) is 0 Å². The van der Waals surface area contributed by atoms with Crippen molar-refractivity contribution in [3.8, 4) is 0 Å². The minimum atomic E-state index is -3.62. The molecule has 1 aliphatic rings. The number of hydrogen-bond acceptors (Lipinski definition) is 4. The molecule has 1 aliphatic heterocycles. The van der Waals surface area contributed by atoms with Gasteiger partial charge in [-0.25, -0.2) is 8.42 Å². The number of nitrogens with zero attached hydrogens (tertiary/aromatic N) is 1. The van der Waals surface area contributed by atoms with E-state index in [0.717, 1.165) is 0 Å². The van der Waals surface area contributed by atoms with Crippen LogP contribution >= 0.6 is 0 Å². The molecule has 0 saturated carbocycles. The Morgan fingerprint density at radius 1 is 1.41 bits per heavy atom. The van der Waals surface area contributed by atoms with Crippen LogP contribution in [-0.4, -0.2) is 50.5 Å². The van der Waals surface area contributed by atoms with Crippen LogP contribution in [-0.2, 0) is 14.8 Å². The summed E-state index contributed by atoms with van der Waals surface area (Å²) in [4.78, 5) is 12.2. The SMILES string of the molecule is CC(C)NC(=O)c1cccc(S(=O)(=O)N2CCOCC2C)c1. The van der Waals surface area contributed by atoms with E-state index in [9.17, 15) is 13.2 Å². The van der Waals surface area contributed by atoms with Gasteiger partial charge in [-0.2, -0.15) is 4.31 Å². The first kappa shape index (κ1) is 16.9. The minimum Gasteiger partial charge on any atom is -0.378 e. The zero-order chi connectivity index (χ0) is 16.3. The number of carbonyl (C=O) groups excluding carboxylic acids is 1. The molecule has 0 aliphatic carbocycles. The molecule has 1 aromatic carbocycles. The van der Waals surface area contributed by atoms with Crippen molar-refractivity contribution >= 4 is 15.9 Å². The molecule has 1 amide bonds. The molecular weight excluding hydrogens is 304 g/mol. The van der Waals surface area contributed by atoms with Gasteiger partial charge in [-0.05, 0) is 39.0 Å². The van der Waals surface area contributed by atoms with Crippen LogP contribution in [0.15, 0.2) is 29.2 Å². The molecular formula is C15H22N2O4S. The number of ether oxygens (including phenoxy) is 1. The molecule has 1 saturated heterocycles. The Labute approximate surface area is 131 Å². The maximum absolute atomic E-state index is 12.7. The Morgan fingerprint density at radius 3 is 2.77 bits per heavy atom. The normalized spacial score (nSPS) is 20.1. The lowest BCUT2D eigenvalue weighted by molar-refractivity contribution is 0.0392. The quantitative estimate of drug-likeness (QED) is 0.903. The van der Waals surface area contributed by atoms with Crippen molar-refractivity contribution < 1.29 is 17.9 Å². The fourth-order valence-electron chi connectivity index (χ4n) is 2.35. The van der Waals surface area contributed by atoms with E-state index in [2.05, 4.69) is 5.32 Å². The second-order valence-corrected chi connectivity index (χ2v) is 7.59. The molecule has 0 aromatic heterocycles. The van der Waals surface area contributed by atoms with Gasteiger partial charge < -0.3 is 10.1 Å². The van der Waals surface area contributed by atoms with Crippen molar-refractivity contribution in [1.82, 2.24) is 9.62 Å². The van der Waals surface area contributed by atoms with Crippen LogP contribution in [0, 0.1) is 0 Å². The summed E-state index contributed by atoms with van der Waals surface area (Å²) in [6.07, 6.45) is 0. The lowest BCUT2D eigenvalue weighted by Gasteiger charge is -2.32. The summed E-state index contributed by atoms with van der Waals surface area (Å²) < 4.78 is 32.2. The number of amides is 1. The van der Waals surface area contributed by atoms with Gasteiger partial charge in [0.1, 0.15) is 0 Å². The smallest absolute Gasteiger partial charge is 0.251 e. The Morgan fingerprint density at radius 2 is 2.14 bits per heavy atom. The number of benzene rings is 1. The van der Waals surface area contributed by atoms with E-state index < -0.39 is 10.0 Å². The molecule has 0 spiro atoms. The molecule has 22 heavy (non-hydrogen) atoms. The largest absolute Gasteiger partial charge is 0.378 e. The van der Waals surface area contributed by atoms with Crippen molar-refractivity contribution in [3.63, 3.8) is 0 Å². The summed E-state index contributed by atoms with van der Waals surface area (Å²) in [6.45, 7) is 6.61. The third kappa shape index (κ3) is 3.66. The van der Waals surface area contributed by atoms with Gasteiger partial charge in [-0.15, -0.1) is 0 Å². The van der Waals surface area contributed by atoms with Crippen LogP contribution in [0.5, 0.6) is 0 Å². The fourth-order valence-corrected chi connectivity index (χ4v) is 3.99. The highest BCUT2D eigenvalue weighted by molar-refractivity contribution is 7.89. The third-order valence-corrected chi connectivity index (χ3v) is 5.44. The topological polar surface area (TPSA) is 75.7 Å². The average molecular weight is 326 g/mol. The molecule has 1 aromatic rings. The lowest BCUT2D eigenvalue weighted by Crippen LogP contribution is -2.46. The van der Waals surface area contributed by atoms with Crippen molar-refractivity contribution in [2.45, 2.75) is 37.8 Å². The van der Waals surface area contributed by atoms with Crippen LogP contribution in [0.3, 0.4) is 0 Å². The molecule has 0 bridgehead atoms. The molecule has 6 nitrogen and oxygen atoms in total. The third-order valence-electron chi connectivity index (χ3n) is 3.43. The van der Waals surface area contributed by atoms with Crippen LogP contribution in [0.4, 0.5) is 0 Å². The summed E-state index contributed by atoms with van der Waals surface area (Å²) in [5, 5.41) is 2.76. The van der Waals surface area contributed by atoms with E-state index in [-0.39, 0.29) is 22.9 Å². The highest BCUT2D eigenvalue weighted by Crippen LogP contribution is 2.21. The molecule has 7 heteroatoms. The molecule has 1 heterocycles. The summed E-state index contributed by atoms with van der Waals surface area (Å²) in [6, 6.07) is 5.92. The van der Waals surface area contributed by atoms with Gasteiger partial charge in [-0.3, -0.25) is 4.79 Å². The molecule has 1 fully saturated rings. The first-order chi connectivity index (χ1) is 10.3. The maximum atomic E-state index is 12.7. The first-order valence-electron chi connectivity index (χ1n) is 7.33. The Kier molecular flexibility index (Phi) is 5.20. The number of carbonyl (C=O) groups is 1. The molecule has 1 unspecified atom stereocenters. The standard InChI is InChI=1S/C15H22N2O4S/c1-11(2)16-15(18)13-5-4-6-14(9-13)22(19,20)17-7-8-21-10-12(17)3/h4-6,9,11-12H,7-8,10H2,1-3H3,(H,16,18). The maximum Gasteiger partial charge on any atom is 0.251 e. The summed E-state index contributed by atoms with van der Waals surface area (Å²) in [5.74, 6) is -0.276. The van der Waals surface area contributed by atoms with Gasteiger partial charge in [-0.1, -0.05) is 6.07 Å². The number of sulfonamides is 1. The van der Waals surface area contributed by atoms with E-state index in [1.54, 1.807) is 12.1 Å². The predicted octanol–water partition coefficient (Wildman–Crippen LogP) is 1.23. The summed E-state index contributed by atoms with van der Waals surface area (Å²) in [7, 11) is -3.62. The van der Waals surface area contributed by atoms with Gasteiger partial charge in [0.2, 0.25) is 10.0 Å². The average Bonchev–Trinajstić information content (AvgIpc) is 2.47. The van der Waals surface area contributed by atoms with E-state index in [1.165, 1.54) is 16.4 Å². The monoisotopic (exact) mass is 326 g/mol. The highest BCUT2D eigenvalue weighted by atomic mass is 32.2. The summed E-state index contributed by atoms with van der Waals surface area (Å²) in [5.41, 5.74) is 0.343. The van der Waals surface area contributed by atoms with E-state index >= 15 is 0 Å². The van der Waals surface area contributed by atoms with Crippen molar-refractivity contribution in [3.05, 3.63) is 29.8 Å². The van der Waals surface area contributed by atoms with Gasteiger partial charge in [0, 0.05) is 24.2 Å². The second kappa shape index (κ2) is 6.76. The van der Waals surface area contributed by atoms with E-state index in [0.29, 0.717) is 25.3 Å². The number of rotatable bonds is 4. The number of morpholine rings is 1. The van der Waals surface area contributed by atoms with Crippen LogP contribution in [0.1, 0.15) is 31.1 Å². The van der Waals surface area contributed by atoms with Gasteiger partial charge >= 0.3 is 0 Å². The number of nitrogens with one attached hydrogen (secondary N) is 1. The fraction of sp³-hybridized carbons (Fsp3) is 0.533. The second-order valence-electron chi connectivity index (χ2n) is 5.70. The zero-order valence-electron chi connectivity index (χ0n) is 13.1.